The number of hydrogen-bond donors (Lipinski definition) is 0. The van der Waals surface area contributed by atoms with Crippen LogP contribution >= 0.6 is 23.2 Å². The summed E-state index contributed by atoms with van der Waals surface area (Å²) in [6.07, 6.45) is 3.85. The van der Waals surface area contributed by atoms with Crippen molar-refractivity contribution < 1.29 is 4.79 Å². The predicted molar refractivity (Wildman–Crippen MR) is 87.5 cm³/mol. The van der Waals surface area contributed by atoms with Gasteiger partial charge in [-0.1, -0.05) is 47.5 Å². The Balaban J connectivity index is 1.82. The standard InChI is InChI=1S/C18H16Cl2O/c19-15-8-14(9-16(20)11-15)18(21)10-13-6-3-5-12-4-1-2-7-17(12)13/h1-2,4,7-9,11,13H,3,5-6,10H2. The van der Waals surface area contributed by atoms with Crippen LogP contribution in [0.5, 0.6) is 0 Å². The normalized spacial score (nSPS) is 17.3. The van der Waals surface area contributed by atoms with Crippen LogP contribution in [0, 0.1) is 0 Å². The zero-order valence-corrected chi connectivity index (χ0v) is 13.1. The molecule has 3 heteroatoms. The summed E-state index contributed by atoms with van der Waals surface area (Å²) < 4.78 is 0. The van der Waals surface area contributed by atoms with Gasteiger partial charge in [0.05, 0.1) is 0 Å². The Kier molecular flexibility index (Phi) is 4.32. The van der Waals surface area contributed by atoms with E-state index in [9.17, 15) is 4.79 Å². The van der Waals surface area contributed by atoms with E-state index in [0.29, 0.717) is 27.9 Å². The first-order valence-electron chi connectivity index (χ1n) is 7.20. The molecule has 0 aromatic heterocycles. The fourth-order valence-corrected chi connectivity index (χ4v) is 3.65. The molecule has 0 amide bonds. The molecule has 3 rings (SSSR count). The van der Waals surface area contributed by atoms with Crippen molar-refractivity contribution >= 4 is 29.0 Å². The Hall–Kier alpha value is -1.31. The summed E-state index contributed by atoms with van der Waals surface area (Å²) in [6, 6.07) is 13.5. The van der Waals surface area contributed by atoms with Crippen LogP contribution in [-0.4, -0.2) is 5.78 Å². The van der Waals surface area contributed by atoms with Crippen molar-refractivity contribution in [1.82, 2.24) is 0 Å². The lowest BCUT2D eigenvalue weighted by atomic mass is 9.79. The zero-order valence-electron chi connectivity index (χ0n) is 11.6. The molecule has 1 aliphatic rings. The topological polar surface area (TPSA) is 17.1 Å². The number of rotatable bonds is 3. The quantitative estimate of drug-likeness (QED) is 0.665. The summed E-state index contributed by atoms with van der Waals surface area (Å²) in [7, 11) is 0. The monoisotopic (exact) mass is 318 g/mol. The maximum atomic E-state index is 12.5. The Morgan fingerprint density at radius 2 is 1.81 bits per heavy atom. The first kappa shape index (κ1) is 14.6. The first-order chi connectivity index (χ1) is 10.1. The fourth-order valence-electron chi connectivity index (χ4n) is 3.12. The third-order valence-electron chi connectivity index (χ3n) is 4.11. The van der Waals surface area contributed by atoms with Crippen molar-refractivity contribution in [2.24, 2.45) is 0 Å². The average Bonchev–Trinajstić information content (AvgIpc) is 2.46. The van der Waals surface area contributed by atoms with Crippen molar-refractivity contribution in [3.05, 3.63) is 69.2 Å². The van der Waals surface area contributed by atoms with Gasteiger partial charge in [0.15, 0.2) is 5.78 Å². The minimum atomic E-state index is 0.112. The Morgan fingerprint density at radius 1 is 1.10 bits per heavy atom. The van der Waals surface area contributed by atoms with Gasteiger partial charge in [-0.25, -0.2) is 0 Å². The first-order valence-corrected chi connectivity index (χ1v) is 7.96. The molecule has 0 spiro atoms. The molecule has 108 valence electrons. The molecule has 0 N–H and O–H groups in total. The summed E-state index contributed by atoms with van der Waals surface area (Å²) in [5.74, 6) is 0.418. The van der Waals surface area contributed by atoms with Crippen molar-refractivity contribution in [2.45, 2.75) is 31.6 Å². The van der Waals surface area contributed by atoms with Crippen molar-refractivity contribution in [3.63, 3.8) is 0 Å². The Labute approximate surface area is 134 Å². The van der Waals surface area contributed by atoms with Crippen LogP contribution in [0.3, 0.4) is 0 Å². The Morgan fingerprint density at radius 3 is 2.57 bits per heavy atom. The maximum Gasteiger partial charge on any atom is 0.163 e. The van der Waals surface area contributed by atoms with Gasteiger partial charge in [0.25, 0.3) is 0 Å². The molecule has 0 saturated carbocycles. The Bertz CT molecular complexity index is 658. The summed E-state index contributed by atoms with van der Waals surface area (Å²) in [5, 5.41) is 1.02. The van der Waals surface area contributed by atoms with Crippen LogP contribution in [-0.2, 0) is 6.42 Å². The minimum Gasteiger partial charge on any atom is -0.294 e. The number of halogens is 2. The average molecular weight is 319 g/mol. The molecule has 0 bridgehead atoms. The van der Waals surface area contributed by atoms with Gasteiger partial charge in [0, 0.05) is 22.0 Å². The van der Waals surface area contributed by atoms with E-state index in [1.165, 1.54) is 11.1 Å². The van der Waals surface area contributed by atoms with Gasteiger partial charge in [0.2, 0.25) is 0 Å². The van der Waals surface area contributed by atoms with Crippen LogP contribution < -0.4 is 0 Å². The van der Waals surface area contributed by atoms with Crippen LogP contribution in [0.4, 0.5) is 0 Å². The van der Waals surface area contributed by atoms with Crippen molar-refractivity contribution in [1.29, 1.82) is 0 Å². The van der Waals surface area contributed by atoms with E-state index in [-0.39, 0.29) is 5.78 Å². The molecule has 1 nitrogen and oxygen atoms in total. The van der Waals surface area contributed by atoms with Crippen molar-refractivity contribution in [2.75, 3.05) is 0 Å². The summed E-state index contributed by atoms with van der Waals surface area (Å²) >= 11 is 12.0. The maximum absolute atomic E-state index is 12.5. The molecule has 0 radical (unpaired) electrons. The lowest BCUT2D eigenvalue weighted by molar-refractivity contribution is 0.0971. The number of Topliss-reactive ketones (excluding diaryl/α,β-unsaturated/α-hetero) is 1. The second-order valence-electron chi connectivity index (χ2n) is 5.57. The third kappa shape index (κ3) is 3.30. The molecule has 0 aliphatic heterocycles. The molecule has 2 aromatic rings. The summed E-state index contributed by atoms with van der Waals surface area (Å²) in [4.78, 5) is 12.5. The summed E-state index contributed by atoms with van der Waals surface area (Å²) in [5.41, 5.74) is 3.31. The molecule has 21 heavy (non-hydrogen) atoms. The number of aryl methyl sites for hydroxylation is 1. The SMILES string of the molecule is O=C(CC1CCCc2ccccc21)c1cc(Cl)cc(Cl)c1. The van der Waals surface area contributed by atoms with Gasteiger partial charge in [-0.2, -0.15) is 0 Å². The number of carbonyl (C=O) groups excluding carboxylic acids is 1. The largest absolute Gasteiger partial charge is 0.294 e. The second kappa shape index (κ2) is 6.21. The fraction of sp³-hybridized carbons (Fsp3) is 0.278. The molecule has 2 aromatic carbocycles. The lowest BCUT2D eigenvalue weighted by Gasteiger charge is -2.25. The second-order valence-corrected chi connectivity index (χ2v) is 6.45. The van der Waals surface area contributed by atoms with Gasteiger partial charge in [-0.3, -0.25) is 4.79 Å². The van der Waals surface area contributed by atoms with E-state index in [2.05, 4.69) is 24.3 Å². The van der Waals surface area contributed by atoms with Crippen LogP contribution in [0.2, 0.25) is 10.0 Å². The molecule has 1 aliphatic carbocycles. The molecular formula is C18H16Cl2O. The lowest BCUT2D eigenvalue weighted by Crippen LogP contribution is -2.14. The van der Waals surface area contributed by atoms with E-state index in [0.717, 1.165) is 19.3 Å². The van der Waals surface area contributed by atoms with Crippen LogP contribution in [0.25, 0.3) is 0 Å². The van der Waals surface area contributed by atoms with E-state index >= 15 is 0 Å². The van der Waals surface area contributed by atoms with Gasteiger partial charge in [-0.15, -0.1) is 0 Å². The van der Waals surface area contributed by atoms with E-state index in [1.807, 2.05) is 0 Å². The molecule has 1 unspecified atom stereocenters. The zero-order chi connectivity index (χ0) is 14.8. The molecule has 0 saturated heterocycles. The van der Waals surface area contributed by atoms with Crippen molar-refractivity contribution in [3.8, 4) is 0 Å². The van der Waals surface area contributed by atoms with Gasteiger partial charge >= 0.3 is 0 Å². The molecule has 0 fully saturated rings. The van der Waals surface area contributed by atoms with Crippen LogP contribution in [0.15, 0.2) is 42.5 Å². The smallest absolute Gasteiger partial charge is 0.163 e. The molecule has 0 heterocycles. The molecule has 1 atom stereocenters. The third-order valence-corrected chi connectivity index (χ3v) is 4.55. The van der Waals surface area contributed by atoms with E-state index in [4.69, 9.17) is 23.2 Å². The van der Waals surface area contributed by atoms with Gasteiger partial charge in [-0.05, 0) is 54.5 Å². The number of ketones is 1. The highest BCUT2D eigenvalue weighted by Crippen LogP contribution is 2.35. The highest BCUT2D eigenvalue weighted by molar-refractivity contribution is 6.35. The van der Waals surface area contributed by atoms with Gasteiger partial charge < -0.3 is 0 Å². The molecular weight excluding hydrogens is 303 g/mol. The van der Waals surface area contributed by atoms with Gasteiger partial charge in [0.1, 0.15) is 0 Å². The summed E-state index contributed by atoms with van der Waals surface area (Å²) in [6.45, 7) is 0. The van der Waals surface area contributed by atoms with E-state index in [1.54, 1.807) is 18.2 Å². The predicted octanol–water partition coefficient (Wildman–Crippen LogP) is 5.69. The number of fused-ring (bicyclic) bond motifs is 1. The van der Waals surface area contributed by atoms with Crippen LogP contribution in [0.1, 0.15) is 46.7 Å². The number of hydrogen-bond acceptors (Lipinski definition) is 1. The minimum absolute atomic E-state index is 0.112. The number of carbonyl (C=O) groups is 1. The highest BCUT2D eigenvalue weighted by atomic mass is 35.5. The van der Waals surface area contributed by atoms with E-state index < -0.39 is 0 Å². The number of benzene rings is 2. The highest BCUT2D eigenvalue weighted by Gasteiger charge is 2.23.